The highest BCUT2D eigenvalue weighted by Gasteiger charge is 2.09. The van der Waals surface area contributed by atoms with Gasteiger partial charge in [0.25, 0.3) is 5.91 Å². The van der Waals surface area contributed by atoms with Gasteiger partial charge in [-0.2, -0.15) is 0 Å². The van der Waals surface area contributed by atoms with Crippen LogP contribution in [0, 0.1) is 0 Å². The molecule has 114 valence electrons. The zero-order valence-electron chi connectivity index (χ0n) is 11.4. The van der Waals surface area contributed by atoms with Crippen molar-refractivity contribution in [1.29, 1.82) is 0 Å². The molecular formula is C13H22Cl2N4O. The van der Waals surface area contributed by atoms with Gasteiger partial charge in [-0.3, -0.25) is 9.78 Å². The lowest BCUT2D eigenvalue weighted by Gasteiger charge is -2.27. The van der Waals surface area contributed by atoms with Crippen LogP contribution >= 0.6 is 24.8 Å². The van der Waals surface area contributed by atoms with Gasteiger partial charge in [0.05, 0.1) is 0 Å². The molecule has 1 aliphatic heterocycles. The summed E-state index contributed by atoms with van der Waals surface area (Å²) in [5.74, 6) is -0.0871. The summed E-state index contributed by atoms with van der Waals surface area (Å²) in [6.45, 7) is 6.10. The van der Waals surface area contributed by atoms with Crippen LogP contribution in [0.5, 0.6) is 0 Å². The average molecular weight is 321 g/mol. The van der Waals surface area contributed by atoms with Crippen molar-refractivity contribution in [3.63, 3.8) is 0 Å². The molecule has 0 spiro atoms. The number of rotatable bonds is 5. The molecule has 7 heteroatoms. The highest BCUT2D eigenvalue weighted by molar-refractivity contribution is 5.92. The first-order valence-corrected chi connectivity index (χ1v) is 6.48. The van der Waals surface area contributed by atoms with Gasteiger partial charge in [0.2, 0.25) is 0 Å². The molecular weight excluding hydrogens is 299 g/mol. The van der Waals surface area contributed by atoms with Crippen molar-refractivity contribution in [3.8, 4) is 0 Å². The van der Waals surface area contributed by atoms with Crippen molar-refractivity contribution in [3.05, 3.63) is 30.1 Å². The van der Waals surface area contributed by atoms with E-state index in [1.54, 1.807) is 18.3 Å². The van der Waals surface area contributed by atoms with E-state index < -0.39 is 0 Å². The predicted molar refractivity (Wildman–Crippen MR) is 85.0 cm³/mol. The van der Waals surface area contributed by atoms with Crippen LogP contribution < -0.4 is 10.6 Å². The lowest BCUT2D eigenvalue weighted by Crippen LogP contribution is -2.44. The maximum absolute atomic E-state index is 11.7. The third kappa shape index (κ3) is 6.52. The fourth-order valence-electron chi connectivity index (χ4n) is 2.03. The third-order valence-electron chi connectivity index (χ3n) is 3.04. The summed E-state index contributed by atoms with van der Waals surface area (Å²) in [7, 11) is 0. The maximum atomic E-state index is 11.7. The Morgan fingerprint density at radius 2 is 2.05 bits per heavy atom. The number of carbonyl (C=O) groups excluding carboxylic acids is 1. The number of aromatic nitrogens is 1. The van der Waals surface area contributed by atoms with Crippen molar-refractivity contribution in [2.45, 2.75) is 6.42 Å². The number of carbonyl (C=O) groups is 1. The Hall–Kier alpha value is -0.880. The lowest BCUT2D eigenvalue weighted by atomic mass is 10.3. The fraction of sp³-hybridized carbons (Fsp3) is 0.538. The number of nitrogens with one attached hydrogen (secondary N) is 2. The topological polar surface area (TPSA) is 57.3 Å². The molecule has 2 N–H and O–H groups in total. The normalized spacial score (nSPS) is 14.8. The molecule has 0 aliphatic carbocycles. The number of halogens is 2. The van der Waals surface area contributed by atoms with E-state index in [4.69, 9.17) is 0 Å². The standard InChI is InChI=1S/C13H20N4O.2ClH/c18-13(12-4-1-2-5-15-12)16-6-3-9-17-10-7-14-8-11-17;;/h1-2,4-5,14H,3,6-11H2,(H,16,18);2*1H. The molecule has 20 heavy (non-hydrogen) atoms. The summed E-state index contributed by atoms with van der Waals surface area (Å²) in [6.07, 6.45) is 2.62. The monoisotopic (exact) mass is 320 g/mol. The first kappa shape index (κ1) is 19.1. The predicted octanol–water partition coefficient (Wildman–Crippen LogP) is 0.950. The number of hydrogen-bond acceptors (Lipinski definition) is 4. The average Bonchev–Trinajstić information content (AvgIpc) is 2.45. The zero-order chi connectivity index (χ0) is 12.6. The molecule has 1 fully saturated rings. The van der Waals surface area contributed by atoms with Crippen LogP contribution in [-0.4, -0.2) is 55.1 Å². The van der Waals surface area contributed by atoms with Crippen LogP contribution in [0.3, 0.4) is 0 Å². The summed E-state index contributed by atoms with van der Waals surface area (Å²) >= 11 is 0. The Bertz CT molecular complexity index is 372. The van der Waals surface area contributed by atoms with Crippen LogP contribution in [-0.2, 0) is 0 Å². The van der Waals surface area contributed by atoms with Crippen LogP contribution in [0.2, 0.25) is 0 Å². The number of pyridine rings is 1. The van der Waals surface area contributed by atoms with Crippen molar-refractivity contribution in [2.75, 3.05) is 39.3 Å². The molecule has 0 saturated carbocycles. The van der Waals surface area contributed by atoms with Crippen molar-refractivity contribution < 1.29 is 4.79 Å². The number of nitrogens with zero attached hydrogens (tertiary/aromatic N) is 2. The van der Waals surface area contributed by atoms with Gasteiger partial charge >= 0.3 is 0 Å². The smallest absolute Gasteiger partial charge is 0.269 e. The van der Waals surface area contributed by atoms with Crippen LogP contribution in [0.1, 0.15) is 16.9 Å². The minimum Gasteiger partial charge on any atom is -0.351 e. The Morgan fingerprint density at radius 1 is 1.30 bits per heavy atom. The van der Waals surface area contributed by atoms with Crippen LogP contribution in [0.25, 0.3) is 0 Å². The van der Waals surface area contributed by atoms with Gasteiger partial charge in [-0.25, -0.2) is 0 Å². The molecule has 2 rings (SSSR count). The van der Waals surface area contributed by atoms with E-state index in [-0.39, 0.29) is 30.7 Å². The Morgan fingerprint density at radius 3 is 2.70 bits per heavy atom. The second-order valence-electron chi connectivity index (χ2n) is 4.42. The molecule has 1 aromatic rings. The number of amides is 1. The van der Waals surface area contributed by atoms with E-state index in [0.717, 1.165) is 39.1 Å². The molecule has 0 aromatic carbocycles. The SMILES string of the molecule is Cl.Cl.O=C(NCCCN1CCNCC1)c1ccccn1. The van der Waals surface area contributed by atoms with E-state index in [2.05, 4.69) is 20.5 Å². The quantitative estimate of drug-likeness (QED) is 0.793. The molecule has 0 radical (unpaired) electrons. The van der Waals surface area contributed by atoms with Crippen LogP contribution in [0.4, 0.5) is 0 Å². The van der Waals surface area contributed by atoms with Gasteiger partial charge < -0.3 is 15.5 Å². The maximum Gasteiger partial charge on any atom is 0.269 e. The Kier molecular flexibility index (Phi) is 10.4. The number of hydrogen-bond donors (Lipinski definition) is 2. The first-order valence-electron chi connectivity index (χ1n) is 6.48. The summed E-state index contributed by atoms with van der Waals surface area (Å²) in [6, 6.07) is 5.36. The Labute approximate surface area is 132 Å². The van der Waals surface area contributed by atoms with Gasteiger partial charge in [0.1, 0.15) is 5.69 Å². The van der Waals surface area contributed by atoms with E-state index in [0.29, 0.717) is 12.2 Å². The van der Waals surface area contributed by atoms with Crippen molar-refractivity contribution >= 4 is 30.7 Å². The van der Waals surface area contributed by atoms with Gasteiger partial charge in [-0.05, 0) is 25.1 Å². The van der Waals surface area contributed by atoms with E-state index in [9.17, 15) is 4.79 Å². The van der Waals surface area contributed by atoms with Gasteiger partial charge in [-0.15, -0.1) is 24.8 Å². The minimum atomic E-state index is -0.0871. The first-order chi connectivity index (χ1) is 8.86. The molecule has 0 unspecified atom stereocenters. The second-order valence-corrected chi connectivity index (χ2v) is 4.42. The van der Waals surface area contributed by atoms with Gasteiger partial charge in [-0.1, -0.05) is 6.07 Å². The highest BCUT2D eigenvalue weighted by atomic mass is 35.5. The van der Waals surface area contributed by atoms with E-state index >= 15 is 0 Å². The molecule has 1 amide bonds. The second kappa shape index (κ2) is 10.9. The third-order valence-corrected chi connectivity index (χ3v) is 3.04. The zero-order valence-corrected chi connectivity index (χ0v) is 13.0. The van der Waals surface area contributed by atoms with E-state index in [1.165, 1.54) is 0 Å². The van der Waals surface area contributed by atoms with Crippen molar-refractivity contribution in [1.82, 2.24) is 20.5 Å². The van der Waals surface area contributed by atoms with Gasteiger partial charge in [0, 0.05) is 38.9 Å². The summed E-state index contributed by atoms with van der Waals surface area (Å²) in [5, 5.41) is 6.22. The lowest BCUT2D eigenvalue weighted by molar-refractivity contribution is 0.0946. The number of piperazine rings is 1. The molecule has 1 aliphatic rings. The van der Waals surface area contributed by atoms with E-state index in [1.807, 2.05) is 6.07 Å². The largest absolute Gasteiger partial charge is 0.351 e. The Balaban J connectivity index is 0.00000180. The molecule has 2 heterocycles. The summed E-state index contributed by atoms with van der Waals surface area (Å²) < 4.78 is 0. The minimum absolute atomic E-state index is 0. The van der Waals surface area contributed by atoms with Gasteiger partial charge in [0.15, 0.2) is 0 Å². The molecule has 5 nitrogen and oxygen atoms in total. The highest BCUT2D eigenvalue weighted by Crippen LogP contribution is 1.95. The molecule has 0 bridgehead atoms. The summed E-state index contributed by atoms with van der Waals surface area (Å²) in [4.78, 5) is 18.1. The molecule has 1 aromatic heterocycles. The van der Waals surface area contributed by atoms with Crippen molar-refractivity contribution in [2.24, 2.45) is 0 Å². The fourth-order valence-corrected chi connectivity index (χ4v) is 2.03. The molecule has 1 saturated heterocycles. The summed E-state index contributed by atoms with van der Waals surface area (Å²) in [5.41, 5.74) is 0.486. The molecule has 0 atom stereocenters. The van der Waals surface area contributed by atoms with Crippen LogP contribution in [0.15, 0.2) is 24.4 Å².